The number of carbonyl (C=O) groups excluding carboxylic acids is 1. The van der Waals surface area contributed by atoms with Gasteiger partial charge in [-0.05, 0) is 53.4 Å². The van der Waals surface area contributed by atoms with E-state index in [1.165, 1.54) is 0 Å². The van der Waals surface area contributed by atoms with E-state index in [0.29, 0.717) is 24.1 Å². The highest BCUT2D eigenvalue weighted by Gasteiger charge is 2.28. The standard InChI is InChI=1S/C14H17BrN2O3/c15-11-5-4-8(7-12(11)16)13(18)17-10-3-1-2-9(6-10)14(19)20/h4-5,7,9-10H,1-3,6,16H2,(H,17,18)(H,19,20). The van der Waals surface area contributed by atoms with Crippen molar-refractivity contribution in [1.82, 2.24) is 5.32 Å². The minimum Gasteiger partial charge on any atom is -0.481 e. The fourth-order valence-electron chi connectivity index (χ4n) is 2.50. The first-order valence-corrected chi connectivity index (χ1v) is 7.35. The Morgan fingerprint density at radius 2 is 2.10 bits per heavy atom. The quantitative estimate of drug-likeness (QED) is 0.736. The van der Waals surface area contributed by atoms with E-state index in [9.17, 15) is 9.59 Å². The Bertz CT molecular complexity index is 533. The van der Waals surface area contributed by atoms with E-state index >= 15 is 0 Å². The minimum atomic E-state index is -0.781. The van der Waals surface area contributed by atoms with Crippen molar-refractivity contribution in [3.05, 3.63) is 28.2 Å². The average molecular weight is 341 g/mol. The number of carboxylic acids is 1. The highest BCUT2D eigenvalue weighted by atomic mass is 79.9. The summed E-state index contributed by atoms with van der Waals surface area (Å²) in [7, 11) is 0. The van der Waals surface area contributed by atoms with Crippen LogP contribution in [0.25, 0.3) is 0 Å². The molecule has 1 aromatic carbocycles. The van der Waals surface area contributed by atoms with Gasteiger partial charge in [-0.1, -0.05) is 6.42 Å². The van der Waals surface area contributed by atoms with Gasteiger partial charge in [0.1, 0.15) is 0 Å². The number of nitrogen functional groups attached to an aromatic ring is 1. The lowest BCUT2D eigenvalue weighted by atomic mass is 9.85. The van der Waals surface area contributed by atoms with E-state index < -0.39 is 5.97 Å². The molecule has 1 amide bonds. The number of amides is 1. The summed E-state index contributed by atoms with van der Waals surface area (Å²) in [5, 5.41) is 11.9. The predicted molar refractivity (Wildman–Crippen MR) is 79.4 cm³/mol. The first kappa shape index (κ1) is 14.8. The van der Waals surface area contributed by atoms with Gasteiger partial charge in [-0.25, -0.2) is 0 Å². The summed E-state index contributed by atoms with van der Waals surface area (Å²) >= 11 is 3.28. The maximum atomic E-state index is 12.1. The monoisotopic (exact) mass is 340 g/mol. The van der Waals surface area contributed by atoms with Gasteiger partial charge in [-0.15, -0.1) is 0 Å². The molecule has 0 radical (unpaired) electrons. The molecule has 0 spiro atoms. The summed E-state index contributed by atoms with van der Waals surface area (Å²) < 4.78 is 0.748. The summed E-state index contributed by atoms with van der Waals surface area (Å²) in [5.41, 5.74) is 6.74. The van der Waals surface area contributed by atoms with E-state index in [1.54, 1.807) is 18.2 Å². The zero-order valence-electron chi connectivity index (χ0n) is 10.9. The summed E-state index contributed by atoms with van der Waals surface area (Å²) in [6.45, 7) is 0. The normalized spacial score (nSPS) is 22.2. The second-order valence-corrected chi connectivity index (χ2v) is 5.96. The van der Waals surface area contributed by atoms with E-state index in [2.05, 4.69) is 21.2 Å². The summed E-state index contributed by atoms with van der Waals surface area (Å²) in [6, 6.07) is 4.94. The Morgan fingerprint density at radius 3 is 2.75 bits per heavy atom. The molecule has 6 heteroatoms. The third kappa shape index (κ3) is 3.50. The van der Waals surface area contributed by atoms with Crippen LogP contribution in [0.5, 0.6) is 0 Å². The number of carbonyl (C=O) groups is 2. The van der Waals surface area contributed by atoms with Crippen molar-refractivity contribution in [3.63, 3.8) is 0 Å². The van der Waals surface area contributed by atoms with Gasteiger partial charge in [0, 0.05) is 21.8 Å². The van der Waals surface area contributed by atoms with Crippen LogP contribution in [0.4, 0.5) is 5.69 Å². The van der Waals surface area contributed by atoms with E-state index in [4.69, 9.17) is 10.8 Å². The second-order valence-electron chi connectivity index (χ2n) is 5.11. The lowest BCUT2D eigenvalue weighted by molar-refractivity contribution is -0.143. The number of hydrogen-bond acceptors (Lipinski definition) is 3. The van der Waals surface area contributed by atoms with Crippen LogP contribution in [0.3, 0.4) is 0 Å². The molecule has 2 atom stereocenters. The molecule has 0 heterocycles. The van der Waals surface area contributed by atoms with E-state index in [1.807, 2.05) is 0 Å². The lowest BCUT2D eigenvalue weighted by Crippen LogP contribution is -2.39. The minimum absolute atomic E-state index is 0.0813. The third-order valence-corrected chi connectivity index (χ3v) is 4.34. The average Bonchev–Trinajstić information content (AvgIpc) is 2.42. The van der Waals surface area contributed by atoms with E-state index in [0.717, 1.165) is 17.3 Å². The summed E-state index contributed by atoms with van der Waals surface area (Å²) in [5.74, 6) is -1.35. The molecular weight excluding hydrogens is 324 g/mol. The second kappa shape index (κ2) is 6.26. The van der Waals surface area contributed by atoms with Crippen molar-refractivity contribution in [3.8, 4) is 0 Å². The maximum absolute atomic E-state index is 12.1. The van der Waals surface area contributed by atoms with E-state index in [-0.39, 0.29) is 17.9 Å². The molecule has 0 aromatic heterocycles. The fourth-order valence-corrected chi connectivity index (χ4v) is 2.75. The van der Waals surface area contributed by atoms with Gasteiger partial charge in [-0.3, -0.25) is 9.59 Å². The van der Waals surface area contributed by atoms with Gasteiger partial charge in [0.05, 0.1) is 5.92 Å². The molecule has 0 saturated heterocycles. The Kier molecular flexibility index (Phi) is 4.65. The van der Waals surface area contributed by atoms with Crippen LogP contribution in [0.2, 0.25) is 0 Å². The molecule has 4 N–H and O–H groups in total. The SMILES string of the molecule is Nc1cc(C(=O)NC2CCCC(C(=O)O)C2)ccc1Br. The molecule has 2 rings (SSSR count). The predicted octanol–water partition coefficient (Wildman–Crippen LogP) is 2.40. The Balaban J connectivity index is 2.00. The first-order chi connectivity index (χ1) is 9.47. The molecule has 1 aromatic rings. The molecule has 1 aliphatic rings. The highest BCUT2D eigenvalue weighted by molar-refractivity contribution is 9.10. The van der Waals surface area contributed by atoms with Crippen LogP contribution < -0.4 is 11.1 Å². The van der Waals surface area contributed by atoms with Gasteiger partial charge in [0.2, 0.25) is 0 Å². The molecule has 0 bridgehead atoms. The smallest absolute Gasteiger partial charge is 0.306 e. The Labute approximate surface area is 125 Å². The first-order valence-electron chi connectivity index (χ1n) is 6.56. The molecule has 2 unspecified atom stereocenters. The molecule has 5 nitrogen and oxygen atoms in total. The fraction of sp³-hybridized carbons (Fsp3) is 0.429. The Morgan fingerprint density at radius 1 is 1.35 bits per heavy atom. The van der Waals surface area contributed by atoms with Gasteiger partial charge < -0.3 is 16.2 Å². The summed E-state index contributed by atoms with van der Waals surface area (Å²) in [4.78, 5) is 23.1. The molecule has 108 valence electrons. The summed E-state index contributed by atoms with van der Waals surface area (Å²) in [6.07, 6.45) is 2.83. The molecule has 0 aliphatic heterocycles. The topological polar surface area (TPSA) is 92.4 Å². The number of nitrogens with two attached hydrogens (primary N) is 1. The van der Waals surface area contributed by atoms with Crippen LogP contribution in [0.1, 0.15) is 36.0 Å². The van der Waals surface area contributed by atoms with Crippen molar-refractivity contribution in [1.29, 1.82) is 0 Å². The molecular formula is C14H17BrN2O3. The van der Waals surface area contributed by atoms with Crippen LogP contribution in [-0.2, 0) is 4.79 Å². The van der Waals surface area contributed by atoms with Crippen molar-refractivity contribution >= 4 is 33.5 Å². The number of anilines is 1. The molecule has 1 saturated carbocycles. The van der Waals surface area contributed by atoms with Gasteiger partial charge >= 0.3 is 5.97 Å². The zero-order valence-corrected chi connectivity index (χ0v) is 12.5. The number of rotatable bonds is 3. The van der Waals surface area contributed by atoms with Crippen LogP contribution >= 0.6 is 15.9 Å². The van der Waals surface area contributed by atoms with Gasteiger partial charge in [0.25, 0.3) is 5.91 Å². The van der Waals surface area contributed by atoms with Crippen molar-refractivity contribution in [2.75, 3.05) is 5.73 Å². The highest BCUT2D eigenvalue weighted by Crippen LogP contribution is 2.25. The van der Waals surface area contributed by atoms with Crippen LogP contribution in [-0.4, -0.2) is 23.0 Å². The number of hydrogen-bond donors (Lipinski definition) is 3. The zero-order chi connectivity index (χ0) is 14.7. The number of benzene rings is 1. The molecule has 1 aliphatic carbocycles. The molecule has 1 fully saturated rings. The van der Waals surface area contributed by atoms with Gasteiger partial charge in [-0.2, -0.15) is 0 Å². The number of nitrogens with one attached hydrogen (secondary N) is 1. The number of carboxylic acid groups (broad SMARTS) is 1. The molecule has 20 heavy (non-hydrogen) atoms. The largest absolute Gasteiger partial charge is 0.481 e. The number of halogens is 1. The maximum Gasteiger partial charge on any atom is 0.306 e. The van der Waals surface area contributed by atoms with Crippen LogP contribution in [0.15, 0.2) is 22.7 Å². The third-order valence-electron chi connectivity index (χ3n) is 3.62. The van der Waals surface area contributed by atoms with Crippen LogP contribution in [0, 0.1) is 5.92 Å². The Hall–Kier alpha value is -1.56. The van der Waals surface area contributed by atoms with Crippen molar-refractivity contribution in [2.24, 2.45) is 5.92 Å². The van der Waals surface area contributed by atoms with Gasteiger partial charge in [0.15, 0.2) is 0 Å². The lowest BCUT2D eigenvalue weighted by Gasteiger charge is -2.27. The van der Waals surface area contributed by atoms with Crippen molar-refractivity contribution < 1.29 is 14.7 Å². The number of aliphatic carboxylic acids is 1. The van der Waals surface area contributed by atoms with Crippen molar-refractivity contribution in [2.45, 2.75) is 31.7 Å².